The van der Waals surface area contributed by atoms with Crippen LogP contribution in [0, 0.1) is 23.3 Å². The van der Waals surface area contributed by atoms with Crippen LogP contribution >= 0.6 is 0 Å². The summed E-state index contributed by atoms with van der Waals surface area (Å²) in [5.41, 5.74) is 9.06. The first-order chi connectivity index (χ1) is 37.0. The number of ether oxygens (including phenoxy) is 11. The number of aliphatic imine (C=N–C) groups is 1. The van der Waals surface area contributed by atoms with Crippen LogP contribution in [0.2, 0.25) is 0 Å². The summed E-state index contributed by atoms with van der Waals surface area (Å²) >= 11 is 0. The molecule has 0 atom stereocenters. The van der Waals surface area contributed by atoms with Gasteiger partial charge in [0.05, 0.1) is 163 Å². The molecule has 2 aromatic heterocycles. The Morgan fingerprint density at radius 1 is 0.605 bits per heavy atom. The van der Waals surface area contributed by atoms with Gasteiger partial charge in [0, 0.05) is 60.7 Å². The summed E-state index contributed by atoms with van der Waals surface area (Å²) in [7, 11) is 0. The minimum atomic E-state index is -1.80. The Morgan fingerprint density at radius 2 is 1.05 bits per heavy atom. The summed E-state index contributed by atoms with van der Waals surface area (Å²) in [6, 6.07) is 1.82. The number of fused-ring (bicyclic) bond motifs is 1. The van der Waals surface area contributed by atoms with Gasteiger partial charge < -0.3 is 63.2 Å². The van der Waals surface area contributed by atoms with Crippen LogP contribution in [0.25, 0.3) is 17.2 Å². The van der Waals surface area contributed by atoms with Crippen LogP contribution in [0.1, 0.15) is 51.0 Å². The highest BCUT2D eigenvalue weighted by molar-refractivity contribution is 6.05. The highest BCUT2D eigenvalue weighted by atomic mass is 19.2. The Labute approximate surface area is 438 Å². The average molecular weight is 1080 g/mol. The van der Waals surface area contributed by atoms with E-state index < -0.39 is 41.4 Å². The molecule has 0 bridgehead atoms. The molecule has 0 spiro atoms. The third-order valence-electron chi connectivity index (χ3n) is 10.1. The van der Waals surface area contributed by atoms with Gasteiger partial charge in [-0.3, -0.25) is 24.2 Å². The molecule has 0 saturated carbocycles. The summed E-state index contributed by atoms with van der Waals surface area (Å²) in [6.07, 6.45) is 7.28. The maximum Gasteiger partial charge on any atom is 0.313 e. The lowest BCUT2D eigenvalue weighted by Gasteiger charge is -2.21. The molecular weight excluding hydrogens is 1010 g/mol. The Balaban J connectivity index is 0.854. The molecule has 0 saturated heterocycles. The molecule has 26 heteroatoms. The van der Waals surface area contributed by atoms with E-state index in [1.807, 2.05) is 19.9 Å². The number of halogens is 4. The zero-order valence-electron chi connectivity index (χ0n) is 43.0. The van der Waals surface area contributed by atoms with E-state index in [0.717, 1.165) is 6.42 Å². The van der Waals surface area contributed by atoms with Crippen molar-refractivity contribution in [1.82, 2.24) is 25.3 Å². The number of nitrogens with two attached hydrogens (primary N) is 1. The van der Waals surface area contributed by atoms with Crippen LogP contribution in [0.3, 0.4) is 0 Å². The molecule has 2 amide bonds. The molecular formula is C50H69F4N7O15. The highest BCUT2D eigenvalue weighted by Crippen LogP contribution is 2.30. The van der Waals surface area contributed by atoms with Gasteiger partial charge in [0.2, 0.25) is 23.3 Å². The van der Waals surface area contributed by atoms with Gasteiger partial charge >= 0.3 is 5.97 Å². The predicted octanol–water partition coefficient (Wildman–Crippen LogP) is 4.23. The second-order valence-electron chi connectivity index (χ2n) is 16.0. The van der Waals surface area contributed by atoms with Crippen LogP contribution in [-0.4, -0.2) is 189 Å². The molecule has 22 nitrogen and oxygen atoms in total. The number of aromatic nitrogens is 3. The smallest absolute Gasteiger partial charge is 0.313 e. The molecule has 3 heterocycles. The number of amidine groups is 1. The molecule has 1 aromatic carbocycles. The molecule has 76 heavy (non-hydrogen) atoms. The van der Waals surface area contributed by atoms with Crippen LogP contribution in [0.15, 0.2) is 41.3 Å². The third-order valence-corrected chi connectivity index (χ3v) is 10.1. The number of hydrogen-bond acceptors (Lipinski definition) is 20. The lowest BCUT2D eigenvalue weighted by atomic mass is 10.1. The Kier molecular flexibility index (Phi) is 31.4. The minimum absolute atomic E-state index is 0.0132. The van der Waals surface area contributed by atoms with E-state index in [1.54, 1.807) is 24.7 Å². The maximum absolute atomic E-state index is 13.6. The van der Waals surface area contributed by atoms with Gasteiger partial charge in [-0.15, -0.1) is 0 Å². The van der Waals surface area contributed by atoms with E-state index in [4.69, 9.17) is 57.9 Å². The number of amides is 2. The molecule has 0 fully saturated rings. The van der Waals surface area contributed by atoms with Gasteiger partial charge in [0.1, 0.15) is 11.7 Å². The standard InChI is InChI=1S/C50H69F4N7O15/c1-3-7-61(75-4-2)50(64)36-28-41-42(60-43(55)30-36)29-37(32-56-41)38-33-57-44(58-34-38)35-59-45(62)5-8-65-10-12-67-14-16-69-18-20-71-22-24-73-26-27-74-25-23-72-21-19-70-17-15-68-13-11-66-9-6-46(63)76-49-47(53)39(51)31-40(52)48(49)54/h28-29,31-34H,3-27,30,35H2,1-2H3,(H2,55,60)(H,59,62). The topological polar surface area (TPSA) is 254 Å². The molecule has 1 aliphatic rings. The number of carbonyl (C=O) groups is 3. The average Bonchev–Trinajstić information content (AvgIpc) is 3.59. The van der Waals surface area contributed by atoms with Crippen LogP contribution in [-0.2, 0) is 73.1 Å². The van der Waals surface area contributed by atoms with Crippen molar-refractivity contribution in [2.75, 3.05) is 145 Å². The van der Waals surface area contributed by atoms with Gasteiger partial charge in [-0.1, -0.05) is 6.92 Å². The Bertz CT molecular complexity index is 2220. The first-order valence-corrected chi connectivity index (χ1v) is 24.9. The summed E-state index contributed by atoms with van der Waals surface area (Å²) in [5.74, 6) is -9.30. The number of hydroxylamine groups is 2. The highest BCUT2D eigenvalue weighted by Gasteiger charge is 2.24. The lowest BCUT2D eigenvalue weighted by Crippen LogP contribution is -2.34. The number of benzene rings is 1. The first kappa shape index (κ1) is 62.9. The quantitative estimate of drug-likeness (QED) is 0.0201. The van der Waals surface area contributed by atoms with Gasteiger partial charge in [-0.2, -0.15) is 8.78 Å². The SMILES string of the molecule is CCCN(OCC)C(=O)C1=Cc2ncc(-c3cnc(CNC(=O)CCOCCOCCOCCOCCOCCOCCOCCOCCOCCOCCC(=O)Oc4c(F)c(F)cc(F)c4F)nc3)cc2N=C(N)C1. The van der Waals surface area contributed by atoms with Gasteiger partial charge in [-0.25, -0.2) is 28.8 Å². The number of carbonyl (C=O) groups excluding carboxylic acids is 3. The van der Waals surface area contributed by atoms with Gasteiger partial charge in [-0.05, 0) is 25.5 Å². The van der Waals surface area contributed by atoms with E-state index in [0.29, 0.717) is 146 Å². The van der Waals surface area contributed by atoms with E-state index in [9.17, 15) is 31.9 Å². The maximum atomic E-state index is 13.6. The number of hydrogen-bond donors (Lipinski definition) is 2. The lowest BCUT2D eigenvalue weighted by molar-refractivity contribution is -0.180. The molecule has 3 N–H and O–H groups in total. The van der Waals surface area contributed by atoms with E-state index >= 15 is 0 Å². The monoisotopic (exact) mass is 1080 g/mol. The molecule has 0 radical (unpaired) electrons. The molecule has 4 rings (SSSR count). The van der Waals surface area contributed by atoms with Gasteiger partial charge in [0.25, 0.3) is 5.91 Å². The third kappa shape index (κ3) is 25.0. The minimum Gasteiger partial charge on any atom is -0.420 e. The van der Waals surface area contributed by atoms with Gasteiger partial charge in [0.15, 0.2) is 11.6 Å². The number of nitrogens with one attached hydrogen (secondary N) is 1. The van der Waals surface area contributed by atoms with Crippen molar-refractivity contribution in [2.45, 2.75) is 46.1 Å². The van der Waals surface area contributed by atoms with Crippen molar-refractivity contribution in [2.24, 2.45) is 10.7 Å². The first-order valence-electron chi connectivity index (χ1n) is 24.9. The van der Waals surface area contributed by atoms with E-state index in [-0.39, 0.29) is 76.1 Å². The van der Waals surface area contributed by atoms with Crippen molar-refractivity contribution in [3.63, 3.8) is 0 Å². The number of nitrogens with zero attached hydrogens (tertiary/aromatic N) is 5. The van der Waals surface area contributed by atoms with Crippen molar-refractivity contribution in [3.8, 4) is 16.9 Å². The number of rotatable bonds is 42. The van der Waals surface area contributed by atoms with Crippen molar-refractivity contribution < 1.29 is 88.9 Å². The molecule has 0 unspecified atom stereocenters. The summed E-state index contributed by atoms with van der Waals surface area (Å²) in [4.78, 5) is 60.6. The van der Waals surface area contributed by atoms with E-state index in [1.165, 1.54) is 5.06 Å². The molecule has 0 aliphatic carbocycles. The fourth-order valence-electron chi connectivity index (χ4n) is 6.38. The van der Waals surface area contributed by atoms with Crippen LogP contribution in [0.5, 0.6) is 5.75 Å². The fraction of sp³-hybridized carbons (Fsp3) is 0.580. The second-order valence-corrected chi connectivity index (χ2v) is 16.0. The van der Waals surface area contributed by atoms with Crippen LogP contribution < -0.4 is 15.8 Å². The van der Waals surface area contributed by atoms with Crippen molar-refractivity contribution in [1.29, 1.82) is 0 Å². The molecule has 1 aliphatic heterocycles. The second kappa shape index (κ2) is 38.0. The summed E-state index contributed by atoms with van der Waals surface area (Å²) in [5, 5.41) is 4.14. The fourth-order valence-corrected chi connectivity index (χ4v) is 6.38. The Morgan fingerprint density at radius 3 is 1.51 bits per heavy atom. The normalized spacial score (nSPS) is 12.2. The van der Waals surface area contributed by atoms with Crippen LogP contribution in [0.4, 0.5) is 23.2 Å². The van der Waals surface area contributed by atoms with Crippen molar-refractivity contribution >= 4 is 35.4 Å². The Hall–Kier alpha value is -5.65. The molecule has 422 valence electrons. The zero-order valence-corrected chi connectivity index (χ0v) is 43.0. The number of esters is 1. The predicted molar refractivity (Wildman–Crippen MR) is 264 cm³/mol. The largest absolute Gasteiger partial charge is 0.420 e. The van der Waals surface area contributed by atoms with Crippen molar-refractivity contribution in [3.05, 3.63) is 71.1 Å². The van der Waals surface area contributed by atoms with E-state index in [2.05, 4.69) is 30.0 Å². The number of pyridine rings is 1. The molecule has 3 aromatic rings. The summed E-state index contributed by atoms with van der Waals surface area (Å²) in [6.45, 7) is 11.2. The zero-order chi connectivity index (χ0) is 54.6. The summed E-state index contributed by atoms with van der Waals surface area (Å²) < 4.78 is 112.